The Bertz CT molecular complexity index is 391. The molecule has 0 aliphatic heterocycles. The number of amides is 1. The van der Waals surface area contributed by atoms with Crippen molar-refractivity contribution >= 4 is 11.6 Å². The van der Waals surface area contributed by atoms with E-state index in [2.05, 4.69) is 12.2 Å². The fourth-order valence-electron chi connectivity index (χ4n) is 1.66. The van der Waals surface area contributed by atoms with Crippen LogP contribution in [0.25, 0.3) is 0 Å². The monoisotopic (exact) mass is 236 g/mol. The van der Waals surface area contributed by atoms with Crippen molar-refractivity contribution in [2.45, 2.75) is 32.7 Å². The summed E-state index contributed by atoms with van der Waals surface area (Å²) in [6.45, 7) is 4.09. The van der Waals surface area contributed by atoms with Crippen LogP contribution in [0, 0.1) is 0 Å². The van der Waals surface area contributed by atoms with Crippen molar-refractivity contribution in [1.29, 1.82) is 0 Å². The number of ether oxygens (including phenoxy) is 1. The highest BCUT2D eigenvalue weighted by molar-refractivity contribution is 5.95. The Hall–Kier alpha value is -1.71. The van der Waals surface area contributed by atoms with Crippen molar-refractivity contribution < 1.29 is 9.53 Å². The van der Waals surface area contributed by atoms with Crippen molar-refractivity contribution in [2.24, 2.45) is 0 Å². The second-order valence-electron chi connectivity index (χ2n) is 4.12. The smallest absolute Gasteiger partial charge is 0.251 e. The Morgan fingerprint density at radius 1 is 1.53 bits per heavy atom. The van der Waals surface area contributed by atoms with Crippen LogP contribution in [0.2, 0.25) is 0 Å². The number of hydrogen-bond acceptors (Lipinski definition) is 3. The Morgan fingerprint density at radius 2 is 2.24 bits per heavy atom. The fourth-order valence-corrected chi connectivity index (χ4v) is 1.66. The van der Waals surface area contributed by atoms with Crippen LogP contribution in [0.1, 0.15) is 37.0 Å². The maximum atomic E-state index is 11.9. The number of methoxy groups -OCH3 is 1. The van der Waals surface area contributed by atoms with Crippen LogP contribution in [0.4, 0.5) is 5.69 Å². The quantitative estimate of drug-likeness (QED) is 0.770. The van der Waals surface area contributed by atoms with E-state index in [1.54, 1.807) is 18.2 Å². The van der Waals surface area contributed by atoms with Crippen LogP contribution in [0.15, 0.2) is 18.2 Å². The molecule has 94 valence electrons. The summed E-state index contributed by atoms with van der Waals surface area (Å²) in [4.78, 5) is 11.9. The minimum absolute atomic E-state index is 0.0933. The Balaban J connectivity index is 2.75. The molecule has 0 saturated carbocycles. The highest BCUT2D eigenvalue weighted by Gasteiger charge is 2.11. The third kappa shape index (κ3) is 3.66. The van der Waals surface area contributed by atoms with Crippen LogP contribution < -0.4 is 15.8 Å². The highest BCUT2D eigenvalue weighted by atomic mass is 16.5. The van der Waals surface area contributed by atoms with E-state index in [-0.39, 0.29) is 11.9 Å². The van der Waals surface area contributed by atoms with Crippen LogP contribution in [-0.4, -0.2) is 19.1 Å². The van der Waals surface area contributed by atoms with Gasteiger partial charge in [-0.05, 0) is 31.5 Å². The van der Waals surface area contributed by atoms with Gasteiger partial charge in [-0.3, -0.25) is 4.79 Å². The van der Waals surface area contributed by atoms with Gasteiger partial charge in [-0.2, -0.15) is 0 Å². The molecule has 1 aromatic rings. The number of benzene rings is 1. The summed E-state index contributed by atoms with van der Waals surface area (Å²) in [5.74, 6) is 0.435. The molecule has 4 nitrogen and oxygen atoms in total. The number of rotatable bonds is 5. The molecule has 1 aromatic carbocycles. The van der Waals surface area contributed by atoms with Gasteiger partial charge in [-0.15, -0.1) is 0 Å². The van der Waals surface area contributed by atoms with Gasteiger partial charge in [0.1, 0.15) is 5.75 Å². The van der Waals surface area contributed by atoms with Crippen LogP contribution in [0.5, 0.6) is 5.75 Å². The molecule has 1 unspecified atom stereocenters. The van der Waals surface area contributed by atoms with E-state index in [9.17, 15) is 4.79 Å². The van der Waals surface area contributed by atoms with Gasteiger partial charge >= 0.3 is 0 Å². The summed E-state index contributed by atoms with van der Waals surface area (Å²) in [5.41, 5.74) is 6.79. The molecule has 0 aliphatic rings. The van der Waals surface area contributed by atoms with Crippen LogP contribution in [-0.2, 0) is 0 Å². The Morgan fingerprint density at radius 3 is 2.82 bits per heavy atom. The van der Waals surface area contributed by atoms with Crippen LogP contribution >= 0.6 is 0 Å². The number of nitrogens with two attached hydrogens (primary N) is 1. The molecule has 3 N–H and O–H groups in total. The van der Waals surface area contributed by atoms with Crippen molar-refractivity contribution in [3.63, 3.8) is 0 Å². The lowest BCUT2D eigenvalue weighted by Gasteiger charge is -2.13. The zero-order chi connectivity index (χ0) is 12.8. The third-order valence-electron chi connectivity index (χ3n) is 2.59. The third-order valence-corrected chi connectivity index (χ3v) is 2.59. The average Bonchev–Trinajstić information content (AvgIpc) is 2.29. The van der Waals surface area contributed by atoms with Gasteiger partial charge in [0, 0.05) is 11.6 Å². The Labute approximate surface area is 102 Å². The van der Waals surface area contributed by atoms with Crippen molar-refractivity contribution in [3.8, 4) is 5.75 Å². The maximum Gasteiger partial charge on any atom is 0.251 e. The number of anilines is 1. The van der Waals surface area contributed by atoms with E-state index in [4.69, 9.17) is 10.5 Å². The van der Waals surface area contributed by atoms with Gasteiger partial charge in [0.15, 0.2) is 0 Å². The second kappa shape index (κ2) is 6.13. The van der Waals surface area contributed by atoms with Crippen LogP contribution in [0.3, 0.4) is 0 Å². The molecule has 17 heavy (non-hydrogen) atoms. The second-order valence-corrected chi connectivity index (χ2v) is 4.12. The topological polar surface area (TPSA) is 64.4 Å². The standard InChI is InChI=1S/C13H20N2O2/c1-4-5-9(2)15-13(16)10-6-7-11(14)12(8-10)17-3/h6-9H,4-5,14H2,1-3H3,(H,15,16). The van der Waals surface area contributed by atoms with E-state index < -0.39 is 0 Å². The van der Waals surface area contributed by atoms with Gasteiger partial charge < -0.3 is 15.8 Å². The normalized spacial score (nSPS) is 11.9. The summed E-state index contributed by atoms with van der Waals surface area (Å²) in [7, 11) is 1.53. The van der Waals surface area contributed by atoms with E-state index in [0.717, 1.165) is 12.8 Å². The number of carbonyl (C=O) groups is 1. The van der Waals surface area contributed by atoms with E-state index in [1.165, 1.54) is 7.11 Å². The molecule has 1 atom stereocenters. The lowest BCUT2D eigenvalue weighted by Crippen LogP contribution is -2.32. The molecule has 4 heteroatoms. The Kier molecular flexibility index (Phi) is 4.82. The molecule has 0 saturated heterocycles. The first-order valence-electron chi connectivity index (χ1n) is 5.82. The first-order chi connectivity index (χ1) is 8.08. The average molecular weight is 236 g/mol. The predicted molar refractivity (Wildman–Crippen MR) is 69.2 cm³/mol. The highest BCUT2D eigenvalue weighted by Crippen LogP contribution is 2.22. The number of hydrogen-bond donors (Lipinski definition) is 2. The van der Waals surface area contributed by atoms with Crippen molar-refractivity contribution in [2.75, 3.05) is 12.8 Å². The SMILES string of the molecule is CCCC(C)NC(=O)c1ccc(N)c(OC)c1. The van der Waals surface area contributed by atoms with Gasteiger partial charge in [-0.1, -0.05) is 13.3 Å². The molecular formula is C13H20N2O2. The molecular weight excluding hydrogens is 216 g/mol. The minimum atomic E-state index is -0.0933. The summed E-state index contributed by atoms with van der Waals surface area (Å²) in [6, 6.07) is 5.21. The molecule has 0 aromatic heterocycles. The largest absolute Gasteiger partial charge is 0.495 e. The number of carbonyl (C=O) groups excluding carboxylic acids is 1. The number of nitrogens with one attached hydrogen (secondary N) is 1. The molecule has 1 amide bonds. The predicted octanol–water partition coefficient (Wildman–Crippen LogP) is 2.20. The summed E-state index contributed by atoms with van der Waals surface area (Å²) >= 11 is 0. The summed E-state index contributed by atoms with van der Waals surface area (Å²) < 4.78 is 5.08. The van der Waals surface area contributed by atoms with E-state index in [1.807, 2.05) is 6.92 Å². The zero-order valence-corrected chi connectivity index (χ0v) is 10.6. The molecule has 0 fully saturated rings. The molecule has 0 radical (unpaired) electrons. The molecule has 0 heterocycles. The lowest BCUT2D eigenvalue weighted by atomic mass is 10.1. The first-order valence-corrected chi connectivity index (χ1v) is 5.82. The maximum absolute atomic E-state index is 11.9. The molecule has 1 rings (SSSR count). The van der Waals surface area contributed by atoms with Gasteiger partial charge in [0.25, 0.3) is 5.91 Å². The summed E-state index contributed by atoms with van der Waals surface area (Å²) in [6.07, 6.45) is 2.02. The van der Waals surface area contributed by atoms with Gasteiger partial charge in [0.2, 0.25) is 0 Å². The fraction of sp³-hybridized carbons (Fsp3) is 0.462. The van der Waals surface area contributed by atoms with Crippen molar-refractivity contribution in [1.82, 2.24) is 5.32 Å². The molecule has 0 spiro atoms. The van der Waals surface area contributed by atoms with E-state index >= 15 is 0 Å². The number of nitrogen functional groups attached to an aromatic ring is 1. The minimum Gasteiger partial charge on any atom is -0.495 e. The van der Waals surface area contributed by atoms with E-state index in [0.29, 0.717) is 17.0 Å². The van der Waals surface area contributed by atoms with Gasteiger partial charge in [0.05, 0.1) is 12.8 Å². The van der Waals surface area contributed by atoms with Gasteiger partial charge in [-0.25, -0.2) is 0 Å². The summed E-state index contributed by atoms with van der Waals surface area (Å²) in [5, 5.41) is 2.93. The first kappa shape index (κ1) is 13.4. The lowest BCUT2D eigenvalue weighted by molar-refractivity contribution is 0.0938. The zero-order valence-electron chi connectivity index (χ0n) is 10.6. The molecule has 0 bridgehead atoms. The molecule has 0 aliphatic carbocycles. The van der Waals surface area contributed by atoms with Crippen molar-refractivity contribution in [3.05, 3.63) is 23.8 Å².